The van der Waals surface area contributed by atoms with Crippen LogP contribution in [-0.2, 0) is 11.3 Å². The van der Waals surface area contributed by atoms with E-state index < -0.39 is 11.8 Å². The molecule has 1 aliphatic rings. The Morgan fingerprint density at radius 2 is 1.65 bits per heavy atom. The maximum absolute atomic E-state index is 12.3. The number of hydrogen-bond acceptors (Lipinski definition) is 4. The Morgan fingerprint density at radius 3 is 2.19 bits per heavy atom. The van der Waals surface area contributed by atoms with E-state index in [-0.39, 0.29) is 12.6 Å². The number of carbonyl (C=O) groups excluding carboxylic acids is 2. The van der Waals surface area contributed by atoms with Crippen LogP contribution in [0.5, 0.6) is 0 Å². The second kappa shape index (κ2) is 7.40. The third-order valence-corrected chi connectivity index (χ3v) is 4.69. The zero-order valence-corrected chi connectivity index (χ0v) is 15.4. The predicted octanol–water partition coefficient (Wildman–Crippen LogP) is 3.22. The van der Waals surface area contributed by atoms with E-state index in [1.165, 1.54) is 11.1 Å². The molecule has 1 aliphatic heterocycles. The topological polar surface area (TPSA) is 72.6 Å². The number of hydrogen-bond donors (Lipinski definition) is 1. The SMILES string of the molecule is Cc1cc(C(C)C)ccc1CC(N)CON1C(=O)c2ccccc2C1=O. The zero-order valence-electron chi connectivity index (χ0n) is 15.4. The second-order valence-electron chi connectivity index (χ2n) is 7.05. The minimum Gasteiger partial charge on any atom is -0.325 e. The first-order valence-electron chi connectivity index (χ1n) is 8.84. The lowest BCUT2D eigenvalue weighted by Gasteiger charge is -2.18. The summed E-state index contributed by atoms with van der Waals surface area (Å²) in [6.07, 6.45) is 0.618. The first kappa shape index (κ1) is 18.3. The summed E-state index contributed by atoms with van der Waals surface area (Å²) < 4.78 is 0. The average Bonchev–Trinajstić information content (AvgIpc) is 2.86. The molecule has 1 unspecified atom stereocenters. The van der Waals surface area contributed by atoms with E-state index in [1.54, 1.807) is 24.3 Å². The minimum absolute atomic E-state index is 0.0941. The number of benzene rings is 2. The van der Waals surface area contributed by atoms with Crippen LogP contribution in [0.4, 0.5) is 0 Å². The van der Waals surface area contributed by atoms with Crippen molar-refractivity contribution in [3.05, 3.63) is 70.3 Å². The van der Waals surface area contributed by atoms with Crippen LogP contribution in [0.25, 0.3) is 0 Å². The molecule has 0 radical (unpaired) electrons. The number of fused-ring (bicyclic) bond motifs is 1. The van der Waals surface area contributed by atoms with Gasteiger partial charge in [0.1, 0.15) is 0 Å². The smallest absolute Gasteiger partial charge is 0.285 e. The molecule has 5 nitrogen and oxygen atoms in total. The molecule has 3 rings (SSSR count). The highest BCUT2D eigenvalue weighted by molar-refractivity contribution is 6.20. The van der Waals surface area contributed by atoms with Gasteiger partial charge in [0.05, 0.1) is 17.7 Å². The van der Waals surface area contributed by atoms with Crippen LogP contribution >= 0.6 is 0 Å². The third-order valence-electron chi connectivity index (χ3n) is 4.69. The molecule has 2 N–H and O–H groups in total. The summed E-state index contributed by atoms with van der Waals surface area (Å²) in [5.74, 6) is -0.390. The van der Waals surface area contributed by atoms with Crippen LogP contribution in [0, 0.1) is 6.92 Å². The van der Waals surface area contributed by atoms with E-state index >= 15 is 0 Å². The Bertz CT molecular complexity index is 810. The molecule has 0 saturated heterocycles. The molecular formula is C21H24N2O3. The standard InChI is InChI=1S/C21H24N2O3/c1-13(2)15-8-9-16(14(3)10-15)11-17(22)12-26-23-20(24)18-6-4-5-7-19(18)21(23)25/h4-10,13,17H,11-12,22H2,1-3H3. The summed E-state index contributed by atoms with van der Waals surface area (Å²) in [6, 6.07) is 12.8. The van der Waals surface area contributed by atoms with Crippen LogP contribution < -0.4 is 5.73 Å². The molecule has 1 atom stereocenters. The summed E-state index contributed by atoms with van der Waals surface area (Å²) in [4.78, 5) is 30.0. The highest BCUT2D eigenvalue weighted by Gasteiger charge is 2.36. The van der Waals surface area contributed by atoms with Crippen LogP contribution in [0.3, 0.4) is 0 Å². The number of rotatable bonds is 6. The summed E-state index contributed by atoms with van der Waals surface area (Å²) in [5.41, 5.74) is 10.5. The molecule has 5 heteroatoms. The molecular weight excluding hydrogens is 328 g/mol. The molecule has 2 amide bonds. The second-order valence-corrected chi connectivity index (χ2v) is 7.05. The normalized spacial score (nSPS) is 14.9. The molecule has 136 valence electrons. The molecule has 0 aromatic heterocycles. The number of imide groups is 1. The van der Waals surface area contributed by atoms with Crippen molar-refractivity contribution in [2.24, 2.45) is 5.73 Å². The lowest BCUT2D eigenvalue weighted by atomic mass is 9.95. The van der Waals surface area contributed by atoms with Crippen molar-refractivity contribution in [1.82, 2.24) is 5.06 Å². The summed E-state index contributed by atoms with van der Waals surface area (Å²) in [7, 11) is 0. The van der Waals surface area contributed by atoms with E-state index in [2.05, 4.69) is 39.0 Å². The molecule has 0 spiro atoms. The molecule has 2 aromatic rings. The van der Waals surface area contributed by atoms with Gasteiger partial charge in [-0.1, -0.05) is 44.2 Å². The van der Waals surface area contributed by atoms with E-state index in [4.69, 9.17) is 10.6 Å². The maximum atomic E-state index is 12.3. The predicted molar refractivity (Wildman–Crippen MR) is 99.8 cm³/mol. The highest BCUT2D eigenvalue weighted by atomic mass is 16.7. The van der Waals surface area contributed by atoms with Gasteiger partial charge in [-0.05, 0) is 48.1 Å². The number of carbonyl (C=O) groups is 2. The van der Waals surface area contributed by atoms with Gasteiger partial charge in [-0.3, -0.25) is 14.4 Å². The summed E-state index contributed by atoms with van der Waals surface area (Å²) in [6.45, 7) is 6.49. The summed E-state index contributed by atoms with van der Waals surface area (Å²) >= 11 is 0. The molecule has 2 aromatic carbocycles. The van der Waals surface area contributed by atoms with Gasteiger partial charge in [0.25, 0.3) is 11.8 Å². The largest absolute Gasteiger partial charge is 0.325 e. The number of hydroxylamine groups is 2. The quantitative estimate of drug-likeness (QED) is 0.810. The lowest BCUT2D eigenvalue weighted by Crippen LogP contribution is -2.37. The van der Waals surface area contributed by atoms with E-state index in [0.717, 1.165) is 10.6 Å². The van der Waals surface area contributed by atoms with E-state index in [0.29, 0.717) is 23.5 Å². The van der Waals surface area contributed by atoms with Gasteiger partial charge in [0, 0.05) is 6.04 Å². The minimum atomic E-state index is -0.435. The van der Waals surface area contributed by atoms with Gasteiger partial charge in [-0.15, -0.1) is 5.06 Å². The van der Waals surface area contributed by atoms with Crippen molar-refractivity contribution >= 4 is 11.8 Å². The Morgan fingerprint density at radius 1 is 1.04 bits per heavy atom. The van der Waals surface area contributed by atoms with Gasteiger partial charge in [0.15, 0.2) is 0 Å². The van der Waals surface area contributed by atoms with Gasteiger partial charge in [-0.25, -0.2) is 0 Å². The van der Waals surface area contributed by atoms with Crippen LogP contribution in [-0.4, -0.2) is 29.5 Å². The third kappa shape index (κ3) is 3.54. The Kier molecular flexibility index (Phi) is 5.20. The van der Waals surface area contributed by atoms with Crippen LogP contribution in [0.15, 0.2) is 42.5 Å². The van der Waals surface area contributed by atoms with Gasteiger partial charge in [0.2, 0.25) is 0 Å². The van der Waals surface area contributed by atoms with Crippen molar-refractivity contribution < 1.29 is 14.4 Å². The number of nitrogens with two attached hydrogens (primary N) is 1. The first-order valence-corrected chi connectivity index (χ1v) is 8.84. The molecule has 0 bridgehead atoms. The lowest BCUT2D eigenvalue weighted by molar-refractivity contribution is -0.0951. The van der Waals surface area contributed by atoms with Crippen molar-refractivity contribution in [3.8, 4) is 0 Å². The van der Waals surface area contributed by atoms with Crippen LogP contribution in [0.1, 0.15) is 57.2 Å². The maximum Gasteiger partial charge on any atom is 0.285 e. The monoisotopic (exact) mass is 352 g/mol. The number of aryl methyl sites for hydroxylation is 1. The average molecular weight is 352 g/mol. The fraction of sp³-hybridized carbons (Fsp3) is 0.333. The Hall–Kier alpha value is -2.50. The van der Waals surface area contributed by atoms with Crippen molar-refractivity contribution in [2.45, 2.75) is 39.2 Å². The van der Waals surface area contributed by atoms with Crippen molar-refractivity contribution in [2.75, 3.05) is 6.61 Å². The molecule has 0 aliphatic carbocycles. The van der Waals surface area contributed by atoms with Gasteiger partial charge < -0.3 is 5.73 Å². The van der Waals surface area contributed by atoms with Gasteiger partial charge in [-0.2, -0.15) is 0 Å². The zero-order chi connectivity index (χ0) is 18.8. The fourth-order valence-electron chi connectivity index (χ4n) is 3.10. The number of amides is 2. The molecule has 26 heavy (non-hydrogen) atoms. The Balaban J connectivity index is 1.61. The highest BCUT2D eigenvalue weighted by Crippen LogP contribution is 2.23. The fourth-order valence-corrected chi connectivity index (χ4v) is 3.10. The molecule has 1 heterocycles. The van der Waals surface area contributed by atoms with Crippen molar-refractivity contribution in [3.63, 3.8) is 0 Å². The van der Waals surface area contributed by atoms with Gasteiger partial charge >= 0.3 is 0 Å². The van der Waals surface area contributed by atoms with Crippen LogP contribution in [0.2, 0.25) is 0 Å². The Labute approximate surface area is 153 Å². The first-order chi connectivity index (χ1) is 12.4. The molecule has 0 fully saturated rings. The summed E-state index contributed by atoms with van der Waals surface area (Å²) in [5, 5.41) is 0.819. The van der Waals surface area contributed by atoms with Crippen molar-refractivity contribution in [1.29, 1.82) is 0 Å². The van der Waals surface area contributed by atoms with E-state index in [9.17, 15) is 9.59 Å². The van der Waals surface area contributed by atoms with E-state index in [1.807, 2.05) is 0 Å². The number of nitrogens with zero attached hydrogens (tertiary/aromatic N) is 1. The molecule has 0 saturated carbocycles.